The van der Waals surface area contributed by atoms with Gasteiger partial charge in [0.1, 0.15) is 5.75 Å². The van der Waals surface area contributed by atoms with Crippen LogP contribution >= 0.6 is 27.5 Å². The van der Waals surface area contributed by atoms with E-state index in [1.807, 2.05) is 84.9 Å². The number of carbonyl (C=O) groups is 1. The summed E-state index contributed by atoms with van der Waals surface area (Å²) in [4.78, 5) is 16.9. The van der Waals surface area contributed by atoms with E-state index in [1.54, 1.807) is 6.21 Å². The van der Waals surface area contributed by atoms with Gasteiger partial charge in [-0.15, -0.1) is 0 Å². The van der Waals surface area contributed by atoms with Crippen molar-refractivity contribution < 1.29 is 9.53 Å². The first-order chi connectivity index (χ1) is 18.0. The smallest absolute Gasteiger partial charge is 0.277 e. The zero-order valence-electron chi connectivity index (χ0n) is 19.6. The van der Waals surface area contributed by atoms with E-state index < -0.39 is 0 Å². The van der Waals surface area contributed by atoms with Crippen molar-refractivity contribution in [1.82, 2.24) is 10.4 Å². The van der Waals surface area contributed by atoms with Crippen LogP contribution in [0.25, 0.3) is 33.3 Å². The van der Waals surface area contributed by atoms with Crippen molar-refractivity contribution in [2.24, 2.45) is 5.10 Å². The number of ether oxygens (including phenoxy) is 1. The summed E-state index contributed by atoms with van der Waals surface area (Å²) in [6, 6.07) is 33.1. The number of fused-ring (bicyclic) bond motifs is 1. The molecule has 1 heterocycles. The number of hydrazone groups is 1. The molecule has 5 rings (SSSR count). The summed E-state index contributed by atoms with van der Waals surface area (Å²) >= 11 is 9.65. The minimum absolute atomic E-state index is 0.151. The number of hydrogen-bond donors (Lipinski definition) is 1. The maximum absolute atomic E-state index is 12.1. The molecule has 0 aliphatic rings. The monoisotopic (exact) mass is 569 g/mol. The molecule has 0 saturated carbocycles. The number of benzene rings is 4. The van der Waals surface area contributed by atoms with Crippen molar-refractivity contribution in [2.75, 3.05) is 6.61 Å². The normalized spacial score (nSPS) is 11.1. The predicted molar refractivity (Wildman–Crippen MR) is 153 cm³/mol. The molecule has 0 saturated heterocycles. The van der Waals surface area contributed by atoms with Crippen LogP contribution in [0.2, 0.25) is 5.02 Å². The topological polar surface area (TPSA) is 63.6 Å². The molecule has 4 aromatic carbocycles. The average Bonchev–Trinajstić information content (AvgIpc) is 2.93. The second-order valence-electron chi connectivity index (χ2n) is 8.24. The molecule has 5 aromatic rings. The van der Waals surface area contributed by atoms with Gasteiger partial charge in [0.15, 0.2) is 6.61 Å². The van der Waals surface area contributed by atoms with Crippen LogP contribution in [0.15, 0.2) is 113 Å². The lowest BCUT2D eigenvalue weighted by molar-refractivity contribution is -0.123. The third-order valence-electron chi connectivity index (χ3n) is 5.65. The van der Waals surface area contributed by atoms with E-state index in [0.717, 1.165) is 43.3 Å². The van der Waals surface area contributed by atoms with Gasteiger partial charge in [-0.2, -0.15) is 5.10 Å². The van der Waals surface area contributed by atoms with Gasteiger partial charge in [-0.1, -0.05) is 76.1 Å². The van der Waals surface area contributed by atoms with Crippen LogP contribution in [-0.2, 0) is 4.79 Å². The third-order valence-corrected chi connectivity index (χ3v) is 6.41. The fourth-order valence-electron chi connectivity index (χ4n) is 3.84. The third kappa shape index (κ3) is 6.23. The SMILES string of the molecule is O=C(COc1ccc(-c2cc(-c3ccccc3)c3ccc(Cl)cc3n2)cc1)N/N=C/c1ccc(Br)cc1. The molecule has 0 aliphatic heterocycles. The average molecular weight is 571 g/mol. The highest BCUT2D eigenvalue weighted by molar-refractivity contribution is 9.10. The Kier molecular flexibility index (Phi) is 7.59. The van der Waals surface area contributed by atoms with Crippen molar-refractivity contribution in [2.45, 2.75) is 0 Å². The van der Waals surface area contributed by atoms with E-state index in [-0.39, 0.29) is 12.5 Å². The van der Waals surface area contributed by atoms with Crippen molar-refractivity contribution in [1.29, 1.82) is 0 Å². The van der Waals surface area contributed by atoms with Crippen LogP contribution in [0.3, 0.4) is 0 Å². The number of carbonyl (C=O) groups excluding carboxylic acids is 1. The lowest BCUT2D eigenvalue weighted by Gasteiger charge is -2.11. The number of nitrogens with zero attached hydrogens (tertiary/aromatic N) is 2. The maximum atomic E-state index is 12.1. The molecule has 0 spiro atoms. The van der Waals surface area contributed by atoms with Crippen molar-refractivity contribution in [3.8, 4) is 28.1 Å². The van der Waals surface area contributed by atoms with Crippen LogP contribution in [0.5, 0.6) is 5.75 Å². The van der Waals surface area contributed by atoms with Crippen molar-refractivity contribution in [3.05, 3.63) is 118 Å². The van der Waals surface area contributed by atoms with Crippen LogP contribution in [0.4, 0.5) is 0 Å². The molecular weight excluding hydrogens is 550 g/mol. The highest BCUT2D eigenvalue weighted by Gasteiger charge is 2.11. The Morgan fingerprint density at radius 2 is 1.68 bits per heavy atom. The van der Waals surface area contributed by atoms with Gasteiger partial charge in [-0.3, -0.25) is 4.79 Å². The predicted octanol–water partition coefficient (Wildman–Crippen LogP) is 7.51. The molecule has 0 radical (unpaired) electrons. The van der Waals surface area contributed by atoms with Gasteiger partial charge in [0.25, 0.3) is 5.91 Å². The molecule has 1 aromatic heterocycles. The summed E-state index contributed by atoms with van der Waals surface area (Å²) in [7, 11) is 0. The maximum Gasteiger partial charge on any atom is 0.277 e. The molecule has 0 fully saturated rings. The Morgan fingerprint density at radius 3 is 2.43 bits per heavy atom. The minimum atomic E-state index is -0.349. The highest BCUT2D eigenvalue weighted by Crippen LogP contribution is 2.33. The molecule has 182 valence electrons. The van der Waals surface area contributed by atoms with Crippen LogP contribution in [0.1, 0.15) is 5.56 Å². The van der Waals surface area contributed by atoms with Gasteiger partial charge in [-0.25, -0.2) is 10.4 Å². The van der Waals surface area contributed by atoms with Gasteiger partial charge in [-0.05, 0) is 71.3 Å². The fourth-order valence-corrected chi connectivity index (χ4v) is 4.27. The van der Waals surface area contributed by atoms with E-state index in [4.69, 9.17) is 21.3 Å². The molecular formula is C30H21BrClN3O2. The molecule has 0 atom stereocenters. The molecule has 5 nitrogen and oxygen atoms in total. The number of amides is 1. The molecule has 0 unspecified atom stereocenters. The second kappa shape index (κ2) is 11.4. The summed E-state index contributed by atoms with van der Waals surface area (Å²) in [6.45, 7) is -0.151. The Morgan fingerprint density at radius 1 is 0.919 bits per heavy atom. The number of pyridine rings is 1. The van der Waals surface area contributed by atoms with E-state index in [9.17, 15) is 4.79 Å². The zero-order chi connectivity index (χ0) is 25.6. The molecule has 0 bridgehead atoms. The van der Waals surface area contributed by atoms with E-state index in [2.05, 4.69) is 44.7 Å². The van der Waals surface area contributed by atoms with Gasteiger partial charge >= 0.3 is 0 Å². The molecule has 37 heavy (non-hydrogen) atoms. The van der Waals surface area contributed by atoms with Crippen molar-refractivity contribution in [3.63, 3.8) is 0 Å². The Hall–Kier alpha value is -4.00. The van der Waals surface area contributed by atoms with Gasteiger partial charge in [0.05, 0.1) is 17.4 Å². The number of halogens is 2. The summed E-state index contributed by atoms with van der Waals surface area (Å²) in [5.41, 5.74) is 8.10. The Balaban J connectivity index is 1.29. The van der Waals surface area contributed by atoms with Gasteiger partial charge in [0, 0.05) is 20.4 Å². The summed E-state index contributed by atoms with van der Waals surface area (Å²) in [6.07, 6.45) is 1.58. The van der Waals surface area contributed by atoms with Crippen LogP contribution in [-0.4, -0.2) is 23.7 Å². The van der Waals surface area contributed by atoms with Crippen LogP contribution in [0, 0.1) is 0 Å². The number of aromatic nitrogens is 1. The first-order valence-corrected chi connectivity index (χ1v) is 12.7. The first kappa shape index (κ1) is 24.7. The van der Waals surface area contributed by atoms with Gasteiger partial charge in [0.2, 0.25) is 0 Å². The summed E-state index contributed by atoms with van der Waals surface area (Å²) in [5.74, 6) is 0.223. The standard InChI is InChI=1S/C30H21BrClN3O2/c31-23-10-6-20(7-11-23)18-33-35-30(36)19-37-25-13-8-22(9-14-25)28-17-27(21-4-2-1-3-5-21)26-15-12-24(32)16-29(26)34-28/h1-18H,19H2,(H,35,36)/b33-18+. The molecule has 7 heteroatoms. The largest absolute Gasteiger partial charge is 0.484 e. The van der Waals surface area contributed by atoms with Gasteiger partial charge < -0.3 is 4.74 Å². The zero-order valence-corrected chi connectivity index (χ0v) is 21.9. The molecule has 0 aliphatic carbocycles. The van der Waals surface area contributed by atoms with Crippen molar-refractivity contribution >= 4 is 50.6 Å². The summed E-state index contributed by atoms with van der Waals surface area (Å²) < 4.78 is 6.60. The Bertz CT molecular complexity index is 1570. The Labute approximate surface area is 227 Å². The fraction of sp³-hybridized carbons (Fsp3) is 0.0333. The minimum Gasteiger partial charge on any atom is -0.484 e. The lowest BCUT2D eigenvalue weighted by Crippen LogP contribution is -2.24. The second-order valence-corrected chi connectivity index (χ2v) is 9.59. The molecule has 1 amide bonds. The van der Waals surface area contributed by atoms with E-state index >= 15 is 0 Å². The number of nitrogens with one attached hydrogen (secondary N) is 1. The first-order valence-electron chi connectivity index (χ1n) is 11.5. The van der Waals surface area contributed by atoms with E-state index in [1.165, 1.54) is 0 Å². The quantitative estimate of drug-likeness (QED) is 0.163. The van der Waals surface area contributed by atoms with E-state index in [0.29, 0.717) is 10.8 Å². The lowest BCUT2D eigenvalue weighted by atomic mass is 9.98. The molecule has 1 N–H and O–H groups in total. The number of hydrogen-bond acceptors (Lipinski definition) is 4. The number of rotatable bonds is 7. The van der Waals surface area contributed by atoms with Crippen LogP contribution < -0.4 is 10.2 Å². The highest BCUT2D eigenvalue weighted by atomic mass is 79.9. The summed E-state index contributed by atoms with van der Waals surface area (Å²) in [5, 5.41) is 5.64.